The van der Waals surface area contributed by atoms with Gasteiger partial charge in [-0.25, -0.2) is 17.4 Å². The molecule has 7 nitrogen and oxygen atoms in total. The molecule has 0 N–H and O–H groups in total. The highest BCUT2D eigenvalue weighted by atomic mass is 32.2. The third-order valence-corrected chi connectivity index (χ3v) is 5.69. The van der Waals surface area contributed by atoms with Gasteiger partial charge >= 0.3 is 0 Å². The molecule has 0 spiro atoms. The van der Waals surface area contributed by atoms with Crippen molar-refractivity contribution in [2.24, 2.45) is 0 Å². The van der Waals surface area contributed by atoms with Crippen molar-refractivity contribution in [2.75, 3.05) is 14.1 Å². The van der Waals surface area contributed by atoms with Crippen molar-refractivity contribution in [1.82, 2.24) is 24.5 Å². The van der Waals surface area contributed by atoms with Crippen molar-refractivity contribution >= 4 is 21.8 Å². The Morgan fingerprint density at radius 3 is 2.86 bits per heavy atom. The first-order chi connectivity index (χ1) is 10.4. The van der Waals surface area contributed by atoms with E-state index >= 15 is 0 Å². The number of hydrogen-bond donors (Lipinski definition) is 0. The number of hydrogen-bond acceptors (Lipinski definition) is 6. The second-order valence-electron chi connectivity index (χ2n) is 4.66. The summed E-state index contributed by atoms with van der Waals surface area (Å²) >= 11 is 1.45. The molecule has 2 rings (SSSR count). The molecule has 1 heterocycles. The molecule has 0 saturated heterocycles. The molecule has 0 radical (unpaired) electrons. The number of benzene rings is 1. The van der Waals surface area contributed by atoms with Gasteiger partial charge in [-0.05, 0) is 28.1 Å². The lowest BCUT2D eigenvalue weighted by Gasteiger charge is -2.12. The average Bonchev–Trinajstić information content (AvgIpc) is 2.93. The summed E-state index contributed by atoms with van der Waals surface area (Å²) in [6.07, 6.45) is 1.71. The van der Waals surface area contributed by atoms with Crippen LogP contribution < -0.4 is 0 Å². The Balaban J connectivity index is 2.14. The first-order valence-corrected chi connectivity index (χ1v) is 8.89. The fraction of sp³-hybridized carbons (Fsp3) is 0.308. The maximum atomic E-state index is 12.1. The van der Waals surface area contributed by atoms with Crippen molar-refractivity contribution < 1.29 is 8.42 Å². The summed E-state index contributed by atoms with van der Waals surface area (Å²) < 4.78 is 27.1. The zero-order valence-electron chi connectivity index (χ0n) is 12.4. The summed E-state index contributed by atoms with van der Waals surface area (Å²) in [7, 11) is -0.395. The monoisotopic (exact) mass is 339 g/mol. The largest absolute Gasteiger partial charge is 0.242 e. The summed E-state index contributed by atoms with van der Waals surface area (Å²) in [5, 5.41) is 12.1. The van der Waals surface area contributed by atoms with Crippen molar-refractivity contribution in [3.8, 4) is 0 Å². The topological polar surface area (TPSA) is 81.0 Å². The summed E-state index contributed by atoms with van der Waals surface area (Å²) in [5.74, 6) is 0.578. The number of aromatic nitrogens is 4. The van der Waals surface area contributed by atoms with Gasteiger partial charge in [-0.1, -0.05) is 30.0 Å². The van der Waals surface area contributed by atoms with Crippen LogP contribution in [0.4, 0.5) is 0 Å². The van der Waals surface area contributed by atoms with Gasteiger partial charge in [0.2, 0.25) is 15.2 Å². The Morgan fingerprint density at radius 2 is 2.18 bits per heavy atom. The van der Waals surface area contributed by atoms with E-state index in [9.17, 15) is 8.42 Å². The van der Waals surface area contributed by atoms with E-state index in [0.717, 1.165) is 5.56 Å². The van der Waals surface area contributed by atoms with E-state index in [-0.39, 0.29) is 4.90 Å². The maximum absolute atomic E-state index is 12.1. The summed E-state index contributed by atoms with van der Waals surface area (Å²) in [6, 6.07) is 6.87. The molecular formula is C13H17N5O2S2. The fourth-order valence-electron chi connectivity index (χ4n) is 1.69. The molecule has 0 bridgehead atoms. The lowest BCUT2D eigenvalue weighted by Crippen LogP contribution is -2.22. The Kier molecular flexibility index (Phi) is 5.33. The normalized spacial score (nSPS) is 11.8. The maximum Gasteiger partial charge on any atom is 0.242 e. The average molecular weight is 339 g/mol. The number of nitrogens with zero attached hydrogens (tertiary/aromatic N) is 5. The van der Waals surface area contributed by atoms with E-state index < -0.39 is 10.0 Å². The first-order valence-electron chi connectivity index (χ1n) is 6.46. The summed E-state index contributed by atoms with van der Waals surface area (Å²) in [6.45, 7) is 4.19. The van der Waals surface area contributed by atoms with Crippen LogP contribution in [0.3, 0.4) is 0 Å². The lowest BCUT2D eigenvalue weighted by atomic mass is 10.2. The zero-order chi connectivity index (χ0) is 16.2. The minimum atomic E-state index is -3.42. The van der Waals surface area contributed by atoms with Crippen molar-refractivity contribution in [2.45, 2.75) is 22.3 Å². The predicted molar refractivity (Wildman–Crippen MR) is 84.9 cm³/mol. The Labute approximate surface area is 134 Å². The van der Waals surface area contributed by atoms with Crippen LogP contribution in [0.2, 0.25) is 0 Å². The number of sulfonamides is 1. The van der Waals surface area contributed by atoms with Crippen LogP contribution in [0.5, 0.6) is 0 Å². The highest BCUT2D eigenvalue weighted by Crippen LogP contribution is 2.22. The van der Waals surface area contributed by atoms with Crippen LogP contribution in [0.15, 0.2) is 47.0 Å². The minimum Gasteiger partial charge on any atom is -0.217 e. The molecule has 2 aromatic rings. The lowest BCUT2D eigenvalue weighted by molar-refractivity contribution is 0.520. The number of rotatable bonds is 7. The molecule has 1 aromatic carbocycles. The van der Waals surface area contributed by atoms with E-state index in [2.05, 4.69) is 22.1 Å². The van der Waals surface area contributed by atoms with Gasteiger partial charge in [0.1, 0.15) is 0 Å². The van der Waals surface area contributed by atoms with Gasteiger partial charge in [0.15, 0.2) is 0 Å². The van der Waals surface area contributed by atoms with E-state index in [4.69, 9.17) is 0 Å². The molecule has 0 amide bonds. The zero-order valence-corrected chi connectivity index (χ0v) is 14.0. The second kappa shape index (κ2) is 7.03. The predicted octanol–water partition coefficient (Wildman–Crippen LogP) is 1.40. The van der Waals surface area contributed by atoms with Gasteiger partial charge in [0, 0.05) is 19.8 Å². The van der Waals surface area contributed by atoms with E-state index in [1.165, 1.54) is 30.2 Å². The molecule has 22 heavy (non-hydrogen) atoms. The molecule has 118 valence electrons. The van der Waals surface area contributed by atoms with Crippen molar-refractivity contribution in [1.29, 1.82) is 0 Å². The van der Waals surface area contributed by atoms with Gasteiger partial charge in [-0.3, -0.25) is 0 Å². The van der Waals surface area contributed by atoms with E-state index in [0.29, 0.717) is 17.5 Å². The Bertz CT molecular complexity index is 755. The quantitative estimate of drug-likeness (QED) is 0.560. The van der Waals surface area contributed by atoms with E-state index in [1.54, 1.807) is 29.0 Å². The standard InChI is InChI=1S/C13H17N5O2S2/c1-4-8-18-13(14-15-16-18)21-10-11-6-5-7-12(9-11)22(19,20)17(2)3/h4-7,9H,1,8,10H2,2-3H3. The molecule has 0 unspecified atom stereocenters. The molecule has 0 saturated carbocycles. The second-order valence-corrected chi connectivity index (χ2v) is 7.75. The third kappa shape index (κ3) is 3.73. The third-order valence-electron chi connectivity index (χ3n) is 2.85. The van der Waals surface area contributed by atoms with Crippen LogP contribution in [-0.4, -0.2) is 47.0 Å². The number of tetrazole rings is 1. The number of allylic oxidation sites excluding steroid dienone is 1. The van der Waals surface area contributed by atoms with Crippen LogP contribution in [-0.2, 0) is 22.3 Å². The Hall–Kier alpha value is -1.71. The molecule has 0 fully saturated rings. The number of thioether (sulfide) groups is 1. The van der Waals surface area contributed by atoms with E-state index in [1.807, 2.05) is 6.07 Å². The summed E-state index contributed by atoms with van der Waals surface area (Å²) in [5.41, 5.74) is 0.890. The first kappa shape index (κ1) is 16.7. The molecular weight excluding hydrogens is 322 g/mol. The van der Waals surface area contributed by atoms with Crippen LogP contribution in [0.25, 0.3) is 0 Å². The molecule has 0 aliphatic carbocycles. The van der Waals surface area contributed by atoms with Gasteiger partial charge in [0.25, 0.3) is 0 Å². The minimum absolute atomic E-state index is 0.279. The Morgan fingerprint density at radius 1 is 1.41 bits per heavy atom. The molecule has 0 aliphatic rings. The van der Waals surface area contributed by atoms with Gasteiger partial charge in [-0.2, -0.15) is 0 Å². The van der Waals surface area contributed by atoms with Crippen molar-refractivity contribution in [3.63, 3.8) is 0 Å². The highest BCUT2D eigenvalue weighted by Gasteiger charge is 2.17. The molecule has 0 atom stereocenters. The molecule has 9 heteroatoms. The van der Waals surface area contributed by atoms with Crippen LogP contribution in [0.1, 0.15) is 5.56 Å². The van der Waals surface area contributed by atoms with Gasteiger partial charge in [-0.15, -0.1) is 11.7 Å². The molecule has 0 aliphatic heterocycles. The molecule has 1 aromatic heterocycles. The van der Waals surface area contributed by atoms with Crippen LogP contribution >= 0.6 is 11.8 Å². The van der Waals surface area contributed by atoms with Crippen LogP contribution in [0, 0.1) is 0 Å². The van der Waals surface area contributed by atoms with Crippen molar-refractivity contribution in [3.05, 3.63) is 42.5 Å². The smallest absolute Gasteiger partial charge is 0.217 e. The van der Waals surface area contributed by atoms with Gasteiger partial charge < -0.3 is 0 Å². The van der Waals surface area contributed by atoms with Gasteiger partial charge in [0.05, 0.1) is 11.4 Å². The SMILES string of the molecule is C=CCn1nnnc1SCc1cccc(S(=O)(=O)N(C)C)c1. The summed E-state index contributed by atoms with van der Waals surface area (Å²) in [4.78, 5) is 0.279. The fourth-order valence-corrected chi connectivity index (χ4v) is 3.49. The highest BCUT2D eigenvalue weighted by molar-refractivity contribution is 7.98.